The van der Waals surface area contributed by atoms with Gasteiger partial charge in [-0.15, -0.1) is 0 Å². The Morgan fingerprint density at radius 1 is 1.38 bits per heavy atom. The molecule has 0 aliphatic heterocycles. The second kappa shape index (κ2) is 8.46. The second-order valence-electron chi connectivity index (χ2n) is 5.66. The maximum absolute atomic E-state index is 11.4. The summed E-state index contributed by atoms with van der Waals surface area (Å²) in [6, 6.07) is 0. The largest absolute Gasteiger partial charge is 0.444 e. The van der Waals surface area contributed by atoms with Gasteiger partial charge in [0, 0.05) is 32.4 Å². The highest BCUT2D eigenvalue weighted by atomic mass is 16.6. The number of amides is 1. The fourth-order valence-electron chi connectivity index (χ4n) is 1.69. The molecule has 0 fully saturated rings. The van der Waals surface area contributed by atoms with E-state index in [0.717, 1.165) is 25.3 Å². The molecule has 2 N–H and O–H groups in total. The number of nitrogens with zero attached hydrogens (tertiary/aromatic N) is 2. The van der Waals surface area contributed by atoms with Crippen LogP contribution in [-0.2, 0) is 17.8 Å². The lowest BCUT2D eigenvalue weighted by atomic mass is 10.2. The molecule has 21 heavy (non-hydrogen) atoms. The quantitative estimate of drug-likeness (QED) is 0.597. The van der Waals surface area contributed by atoms with Crippen molar-refractivity contribution in [2.75, 3.05) is 13.1 Å². The molecular weight excluding hydrogens is 268 g/mol. The molecule has 0 saturated heterocycles. The number of ether oxygens (including phenoxy) is 1. The highest BCUT2D eigenvalue weighted by Gasteiger charge is 2.14. The van der Waals surface area contributed by atoms with Crippen LogP contribution < -0.4 is 10.6 Å². The number of nitrogens with one attached hydrogen (secondary N) is 2. The zero-order valence-electron chi connectivity index (χ0n) is 13.3. The normalized spacial score (nSPS) is 11.8. The predicted octanol–water partition coefficient (Wildman–Crippen LogP) is 2.07. The van der Waals surface area contributed by atoms with Gasteiger partial charge in [0.05, 0.1) is 12.0 Å². The first-order chi connectivity index (χ1) is 9.92. The van der Waals surface area contributed by atoms with Crippen molar-refractivity contribution in [3.05, 3.63) is 30.4 Å². The first-order valence-corrected chi connectivity index (χ1v) is 7.24. The van der Waals surface area contributed by atoms with E-state index in [4.69, 9.17) is 4.74 Å². The van der Waals surface area contributed by atoms with Crippen molar-refractivity contribution >= 4 is 6.09 Å². The summed E-state index contributed by atoms with van der Waals surface area (Å²) in [6.07, 6.45) is 7.17. The minimum atomic E-state index is -0.461. The molecule has 0 aliphatic rings. The van der Waals surface area contributed by atoms with E-state index in [0.29, 0.717) is 6.54 Å². The first-order valence-electron chi connectivity index (χ1n) is 7.24. The fourth-order valence-corrected chi connectivity index (χ4v) is 1.69. The molecule has 1 rings (SSSR count). The van der Waals surface area contributed by atoms with Gasteiger partial charge >= 0.3 is 6.09 Å². The van der Waals surface area contributed by atoms with Crippen LogP contribution in [-0.4, -0.2) is 34.3 Å². The molecule has 6 nitrogen and oxygen atoms in total. The molecule has 6 heteroatoms. The van der Waals surface area contributed by atoms with Gasteiger partial charge in [-0.05, 0) is 27.7 Å². The van der Waals surface area contributed by atoms with Crippen LogP contribution in [0, 0.1) is 0 Å². The minimum Gasteiger partial charge on any atom is -0.444 e. The first kappa shape index (κ1) is 17.2. The van der Waals surface area contributed by atoms with Crippen molar-refractivity contribution in [3.63, 3.8) is 0 Å². The molecule has 0 atom stereocenters. The van der Waals surface area contributed by atoms with Gasteiger partial charge in [-0.1, -0.05) is 12.2 Å². The summed E-state index contributed by atoms with van der Waals surface area (Å²) in [5.74, 6) is 0. The van der Waals surface area contributed by atoms with Crippen molar-refractivity contribution in [2.24, 2.45) is 0 Å². The Balaban J connectivity index is 2.12. The summed E-state index contributed by atoms with van der Waals surface area (Å²) in [5, 5.41) is 5.97. The van der Waals surface area contributed by atoms with Gasteiger partial charge in [0.2, 0.25) is 0 Å². The molecule has 0 saturated carbocycles. The Kier molecular flexibility index (Phi) is 6.94. The van der Waals surface area contributed by atoms with Crippen LogP contribution in [0.25, 0.3) is 0 Å². The van der Waals surface area contributed by atoms with E-state index in [2.05, 4.69) is 27.1 Å². The Hall–Kier alpha value is -1.82. The summed E-state index contributed by atoms with van der Waals surface area (Å²) in [4.78, 5) is 15.5. The minimum absolute atomic E-state index is 0.396. The van der Waals surface area contributed by atoms with Gasteiger partial charge in [0.1, 0.15) is 5.60 Å². The third-order valence-corrected chi connectivity index (χ3v) is 2.64. The maximum Gasteiger partial charge on any atom is 0.407 e. The van der Waals surface area contributed by atoms with Gasteiger partial charge in [0.15, 0.2) is 0 Å². The molecule has 0 radical (unpaired) electrons. The zero-order chi connectivity index (χ0) is 15.7. The van der Waals surface area contributed by atoms with E-state index in [9.17, 15) is 4.79 Å². The van der Waals surface area contributed by atoms with E-state index in [-0.39, 0.29) is 0 Å². The summed E-state index contributed by atoms with van der Waals surface area (Å²) < 4.78 is 7.23. The van der Waals surface area contributed by atoms with Crippen LogP contribution in [0.2, 0.25) is 0 Å². The monoisotopic (exact) mass is 294 g/mol. The van der Waals surface area contributed by atoms with E-state index in [1.807, 2.05) is 45.4 Å². The van der Waals surface area contributed by atoms with E-state index in [1.165, 1.54) is 0 Å². The summed E-state index contributed by atoms with van der Waals surface area (Å²) in [6.45, 7) is 10.5. The van der Waals surface area contributed by atoms with Crippen molar-refractivity contribution < 1.29 is 9.53 Å². The summed E-state index contributed by atoms with van der Waals surface area (Å²) in [5.41, 5.74) is 0.704. The van der Waals surface area contributed by atoms with E-state index in [1.54, 1.807) is 0 Å². The van der Waals surface area contributed by atoms with Gasteiger partial charge < -0.3 is 19.9 Å². The standard InChI is InChI=1S/C15H26N4O2/c1-5-19-12-17-11-13(19)10-16-8-6-7-9-18-14(20)21-15(2,3)4/h6-7,11-12,16H,5,8-10H2,1-4H3,(H,18,20)/b7-6+. The smallest absolute Gasteiger partial charge is 0.407 e. The number of carbonyl (C=O) groups excluding carboxylic acids is 1. The number of aromatic nitrogens is 2. The third kappa shape index (κ3) is 7.51. The van der Waals surface area contributed by atoms with Crippen LogP contribution in [0.4, 0.5) is 4.79 Å². The van der Waals surface area contributed by atoms with Crippen molar-refractivity contribution in [1.82, 2.24) is 20.2 Å². The average molecular weight is 294 g/mol. The summed E-state index contributed by atoms with van der Waals surface area (Å²) in [7, 11) is 0. The number of imidazole rings is 1. The number of hydrogen-bond acceptors (Lipinski definition) is 4. The zero-order valence-corrected chi connectivity index (χ0v) is 13.3. The maximum atomic E-state index is 11.4. The number of alkyl carbamates (subject to hydrolysis) is 1. The third-order valence-electron chi connectivity index (χ3n) is 2.64. The molecule has 0 bridgehead atoms. The van der Waals surface area contributed by atoms with E-state index < -0.39 is 11.7 Å². The molecule has 0 aliphatic carbocycles. The molecule has 0 aromatic carbocycles. The van der Waals surface area contributed by atoms with Crippen LogP contribution >= 0.6 is 0 Å². The van der Waals surface area contributed by atoms with Gasteiger partial charge in [-0.3, -0.25) is 0 Å². The Morgan fingerprint density at radius 2 is 2.10 bits per heavy atom. The fraction of sp³-hybridized carbons (Fsp3) is 0.600. The van der Waals surface area contributed by atoms with Crippen LogP contribution in [0.1, 0.15) is 33.4 Å². The van der Waals surface area contributed by atoms with Crippen molar-refractivity contribution in [1.29, 1.82) is 0 Å². The topological polar surface area (TPSA) is 68.2 Å². The number of carbonyl (C=O) groups is 1. The van der Waals surface area contributed by atoms with Gasteiger partial charge in [0.25, 0.3) is 0 Å². The molecule has 0 spiro atoms. The number of hydrogen-bond donors (Lipinski definition) is 2. The molecular formula is C15H26N4O2. The van der Waals surface area contributed by atoms with Crippen LogP contribution in [0.5, 0.6) is 0 Å². The molecule has 1 aromatic heterocycles. The van der Waals surface area contributed by atoms with Gasteiger partial charge in [-0.25, -0.2) is 9.78 Å². The van der Waals surface area contributed by atoms with E-state index >= 15 is 0 Å². The Labute approximate surface area is 126 Å². The average Bonchev–Trinajstić information content (AvgIpc) is 2.83. The molecule has 1 amide bonds. The van der Waals surface area contributed by atoms with Crippen LogP contribution in [0.3, 0.4) is 0 Å². The highest BCUT2D eigenvalue weighted by molar-refractivity contribution is 5.67. The lowest BCUT2D eigenvalue weighted by Gasteiger charge is -2.19. The lowest BCUT2D eigenvalue weighted by Crippen LogP contribution is -2.32. The molecule has 1 aromatic rings. The molecule has 0 unspecified atom stereocenters. The summed E-state index contributed by atoms with van der Waals surface area (Å²) >= 11 is 0. The lowest BCUT2D eigenvalue weighted by molar-refractivity contribution is 0.0534. The van der Waals surface area contributed by atoms with Crippen molar-refractivity contribution in [3.8, 4) is 0 Å². The van der Waals surface area contributed by atoms with Crippen molar-refractivity contribution in [2.45, 2.75) is 46.4 Å². The van der Waals surface area contributed by atoms with Crippen LogP contribution in [0.15, 0.2) is 24.7 Å². The SMILES string of the molecule is CCn1cncc1CNC/C=C/CNC(=O)OC(C)(C)C. The Bertz CT molecular complexity index is 460. The molecule has 1 heterocycles. The number of aryl methyl sites for hydroxylation is 1. The Morgan fingerprint density at radius 3 is 2.76 bits per heavy atom. The highest BCUT2D eigenvalue weighted by Crippen LogP contribution is 2.06. The molecule has 118 valence electrons. The second-order valence-corrected chi connectivity index (χ2v) is 5.66. The number of rotatable bonds is 7. The van der Waals surface area contributed by atoms with Gasteiger partial charge in [-0.2, -0.15) is 0 Å². The predicted molar refractivity (Wildman–Crippen MR) is 83.0 cm³/mol.